The molecule has 2 atom stereocenters. The van der Waals surface area contributed by atoms with Gasteiger partial charge in [-0.2, -0.15) is 4.39 Å². The summed E-state index contributed by atoms with van der Waals surface area (Å²) in [5, 5.41) is 6.06. The molecule has 14 heteroatoms. The molecule has 1 saturated heterocycles. The maximum Gasteiger partial charge on any atom is 0.228 e. The van der Waals surface area contributed by atoms with Crippen molar-refractivity contribution >= 4 is 16.8 Å². The molecular weight excluding hydrogens is 552 g/mol. The number of rotatable bonds is 8. The maximum atomic E-state index is 15.4. The summed E-state index contributed by atoms with van der Waals surface area (Å²) >= 11 is 0. The zero-order valence-electron chi connectivity index (χ0n) is 21.3. The Labute approximate surface area is 229 Å². The van der Waals surface area contributed by atoms with Crippen LogP contribution in [0.3, 0.4) is 0 Å². The van der Waals surface area contributed by atoms with Crippen LogP contribution in [0, 0.1) is 17.5 Å². The number of thiol groups is 1. The smallest absolute Gasteiger partial charge is 0.228 e. The van der Waals surface area contributed by atoms with Crippen LogP contribution in [0.2, 0.25) is 0 Å². The zero-order valence-corrected chi connectivity index (χ0v) is 22.2. The second-order valence-electron chi connectivity index (χ2n) is 9.93. The molecule has 0 spiro atoms. The van der Waals surface area contributed by atoms with Gasteiger partial charge in [0.2, 0.25) is 28.5 Å². The van der Waals surface area contributed by atoms with Crippen LogP contribution in [0.15, 0.2) is 36.7 Å². The van der Waals surface area contributed by atoms with E-state index in [1.165, 1.54) is 12.4 Å². The summed E-state index contributed by atoms with van der Waals surface area (Å²) in [4.78, 5) is 12.7. The van der Waals surface area contributed by atoms with E-state index in [9.17, 15) is 12.8 Å². The first-order valence-corrected chi connectivity index (χ1v) is 14.1. The molecule has 2 aromatic heterocycles. The lowest BCUT2D eigenvalue weighted by Crippen LogP contribution is -2.44. The third-order valence-corrected chi connectivity index (χ3v) is 7.77. The van der Waals surface area contributed by atoms with Gasteiger partial charge >= 0.3 is 0 Å². The molecule has 0 bridgehead atoms. The highest BCUT2D eigenvalue weighted by Crippen LogP contribution is 2.43. The van der Waals surface area contributed by atoms with E-state index in [2.05, 4.69) is 30.3 Å². The number of nitrogens with zero attached hydrogens (tertiary/aromatic N) is 3. The second kappa shape index (κ2) is 12.0. The first-order valence-electron chi connectivity index (χ1n) is 12.9. The number of nitrogens with one attached hydrogen (secondary N) is 3. The molecule has 214 valence electrons. The van der Waals surface area contributed by atoms with Gasteiger partial charge in [-0.1, -0.05) is 19.3 Å². The van der Waals surface area contributed by atoms with E-state index in [-0.39, 0.29) is 49.2 Å². The number of alkyl halides is 1. The molecule has 2 aliphatic rings. The van der Waals surface area contributed by atoms with Gasteiger partial charge in [0.1, 0.15) is 12.0 Å². The number of hydrogen-bond donors (Lipinski definition) is 4. The highest BCUT2D eigenvalue weighted by molar-refractivity contribution is 7.70. The molecular formula is C26H28F4N6O3S. The summed E-state index contributed by atoms with van der Waals surface area (Å²) in [6.45, 7) is 0.814. The largest absolute Gasteiger partial charge is 0.435 e. The summed E-state index contributed by atoms with van der Waals surface area (Å²) in [5.74, 6) is -4.85. The topological polar surface area (TPSA) is 118 Å². The molecule has 40 heavy (non-hydrogen) atoms. The monoisotopic (exact) mass is 580 g/mol. The normalized spacial score (nSPS) is 20.8. The maximum absolute atomic E-state index is 15.4. The molecule has 3 aromatic rings. The van der Waals surface area contributed by atoms with E-state index in [0.29, 0.717) is 31.1 Å². The van der Waals surface area contributed by atoms with Crippen LogP contribution < -0.4 is 20.1 Å². The van der Waals surface area contributed by atoms with Crippen molar-refractivity contribution in [1.82, 2.24) is 25.0 Å². The fraction of sp³-hybridized carbons (Fsp3) is 0.423. The average molecular weight is 581 g/mol. The zero-order chi connectivity index (χ0) is 28.3. The lowest BCUT2D eigenvalue weighted by atomic mass is 9.77. The molecule has 1 aliphatic heterocycles. The van der Waals surface area contributed by atoms with Crippen molar-refractivity contribution in [2.24, 2.45) is 0 Å². The van der Waals surface area contributed by atoms with Crippen LogP contribution in [-0.4, -0.2) is 48.7 Å². The van der Waals surface area contributed by atoms with E-state index in [1.807, 2.05) is 0 Å². The Kier molecular flexibility index (Phi) is 8.47. The fourth-order valence-corrected chi connectivity index (χ4v) is 6.05. The highest BCUT2D eigenvalue weighted by atomic mass is 32.2. The molecule has 1 saturated carbocycles. The van der Waals surface area contributed by atoms with Gasteiger partial charge in [-0.3, -0.25) is 0 Å². The summed E-state index contributed by atoms with van der Waals surface area (Å²) in [7, 11) is -3.20. The van der Waals surface area contributed by atoms with Gasteiger partial charge in [-0.15, -0.1) is 0 Å². The van der Waals surface area contributed by atoms with E-state index in [4.69, 9.17) is 4.74 Å². The lowest BCUT2D eigenvalue weighted by molar-refractivity contribution is 0.252. The number of halogens is 4. The number of anilines is 1. The first-order chi connectivity index (χ1) is 19.3. The van der Waals surface area contributed by atoms with Gasteiger partial charge in [-0.25, -0.2) is 41.3 Å². The Morgan fingerprint density at radius 1 is 1.02 bits per heavy atom. The van der Waals surface area contributed by atoms with E-state index in [0.717, 1.165) is 6.42 Å². The third kappa shape index (κ3) is 6.03. The van der Waals surface area contributed by atoms with Crippen molar-refractivity contribution in [1.29, 1.82) is 0 Å². The number of aromatic nitrogens is 3. The van der Waals surface area contributed by atoms with Gasteiger partial charge < -0.3 is 15.4 Å². The quantitative estimate of drug-likeness (QED) is 0.179. The lowest BCUT2D eigenvalue weighted by Gasteiger charge is -2.37. The molecule has 1 aromatic carbocycles. The Hall–Kier alpha value is -3.36. The third-order valence-electron chi connectivity index (χ3n) is 7.16. The first kappa shape index (κ1) is 28.2. The van der Waals surface area contributed by atoms with Crippen molar-refractivity contribution in [3.05, 3.63) is 59.7 Å². The van der Waals surface area contributed by atoms with Crippen molar-refractivity contribution in [3.63, 3.8) is 0 Å². The minimum Gasteiger partial charge on any atom is -0.435 e. The minimum atomic E-state index is -3.20. The van der Waals surface area contributed by atoms with E-state index < -0.39 is 51.4 Å². The molecule has 0 amide bonds. The minimum absolute atomic E-state index is 0.126. The average Bonchev–Trinajstić information content (AvgIpc) is 2.92. The fourth-order valence-electron chi connectivity index (χ4n) is 5.37. The number of benzene rings is 1. The van der Waals surface area contributed by atoms with Crippen LogP contribution in [0.25, 0.3) is 11.3 Å². The summed E-state index contributed by atoms with van der Waals surface area (Å²) in [6, 6.07) is 5.18. The van der Waals surface area contributed by atoms with Crippen molar-refractivity contribution in [2.75, 3.05) is 18.4 Å². The van der Waals surface area contributed by atoms with Crippen molar-refractivity contribution in [2.45, 2.75) is 56.3 Å². The number of hydrogen-bond acceptors (Lipinski definition) is 8. The van der Waals surface area contributed by atoms with Crippen LogP contribution in [0.4, 0.5) is 23.5 Å². The summed E-state index contributed by atoms with van der Waals surface area (Å²) < 4.78 is 90.7. The molecule has 0 unspecified atom stereocenters. The van der Waals surface area contributed by atoms with Gasteiger partial charge in [0.15, 0.2) is 11.6 Å². The number of ether oxygens (including phenoxy) is 1. The standard InChI is InChI=1S/C26H28F4N6O3S/c27-15-11-16(14-31-13-15)34-25-33-10-6-19(35-25)17-5-4-9-32-24(17)39-20-12-18(28)21(23(30)22(20)29)26(36-40(37)38)7-2-1-3-8-26/h4-6,9-10,12,15-16,31,40H,1-3,7-8,11,13-14H2,(H,33,34,35)(H,36,37,38)/t15-,16-/m0/s1. The Bertz CT molecular complexity index is 1450. The van der Waals surface area contributed by atoms with E-state index in [1.54, 1.807) is 18.2 Å². The van der Waals surface area contributed by atoms with Crippen LogP contribution in [-0.2, 0) is 16.4 Å². The van der Waals surface area contributed by atoms with Crippen molar-refractivity contribution in [3.8, 4) is 22.9 Å². The van der Waals surface area contributed by atoms with Crippen LogP contribution >= 0.6 is 0 Å². The van der Waals surface area contributed by atoms with E-state index >= 15 is 13.2 Å². The predicted molar refractivity (Wildman–Crippen MR) is 140 cm³/mol. The van der Waals surface area contributed by atoms with Crippen molar-refractivity contribution < 1.29 is 30.7 Å². The molecule has 3 N–H and O–H groups in total. The predicted octanol–water partition coefficient (Wildman–Crippen LogP) is 4.14. The van der Waals surface area contributed by atoms with Gasteiger partial charge in [0.25, 0.3) is 0 Å². The number of piperidine rings is 1. The van der Waals surface area contributed by atoms with Crippen LogP contribution in [0.1, 0.15) is 44.1 Å². The molecule has 0 radical (unpaired) electrons. The molecule has 1 aliphatic carbocycles. The Balaban J connectivity index is 1.45. The second-order valence-corrected chi connectivity index (χ2v) is 10.7. The van der Waals surface area contributed by atoms with Gasteiger partial charge in [0, 0.05) is 49.6 Å². The van der Waals surface area contributed by atoms with Gasteiger partial charge in [0.05, 0.1) is 16.8 Å². The molecule has 9 nitrogen and oxygen atoms in total. The Morgan fingerprint density at radius 2 is 1.82 bits per heavy atom. The highest BCUT2D eigenvalue weighted by Gasteiger charge is 2.41. The Morgan fingerprint density at radius 3 is 2.58 bits per heavy atom. The number of pyridine rings is 1. The molecule has 2 fully saturated rings. The van der Waals surface area contributed by atoms with Gasteiger partial charge in [-0.05, 0) is 31.0 Å². The summed E-state index contributed by atoms with van der Waals surface area (Å²) in [5.41, 5.74) is -1.64. The summed E-state index contributed by atoms with van der Waals surface area (Å²) in [6.07, 6.45) is 4.18. The SMILES string of the molecule is O=[SH](=O)NC1(c2c(F)cc(Oc3ncccc3-c3ccnc(N[C@@H]4CNC[C@@H](F)C4)n3)c(F)c2F)CCCCC1. The van der Waals surface area contributed by atoms with Crippen LogP contribution in [0.5, 0.6) is 11.6 Å². The molecule has 3 heterocycles. The molecule has 5 rings (SSSR count).